The molecule has 2 amide bonds. The predicted octanol–water partition coefficient (Wildman–Crippen LogP) is 6.43. The fraction of sp³-hybridized carbons (Fsp3) is 0.185. The Balaban J connectivity index is 1.42. The third-order valence-corrected chi connectivity index (χ3v) is 6.62. The average Bonchev–Trinajstić information content (AvgIpc) is 2.96. The van der Waals surface area contributed by atoms with E-state index in [-0.39, 0.29) is 16.8 Å². The van der Waals surface area contributed by atoms with E-state index in [0.717, 1.165) is 12.1 Å². The van der Waals surface area contributed by atoms with Crippen molar-refractivity contribution in [3.8, 4) is 0 Å². The number of anilines is 3. The molecule has 42 heavy (non-hydrogen) atoms. The molecule has 3 aromatic carbocycles. The SMILES string of the molecule is O=C(Nc1ccc(Cl)c(C(F)(F)F)c1)Nc1cc(F)c(F)c(C(=O)c2ccc3ncc(N4CCOCC4)nc3c2)c1F. The molecular formula is C27H18ClF6N5O3. The summed E-state index contributed by atoms with van der Waals surface area (Å²) in [7, 11) is 0. The van der Waals surface area contributed by atoms with E-state index in [1.807, 2.05) is 15.5 Å². The lowest BCUT2D eigenvalue weighted by atomic mass is 10.0. The fourth-order valence-electron chi connectivity index (χ4n) is 4.23. The smallest absolute Gasteiger partial charge is 0.378 e. The van der Waals surface area contributed by atoms with Crippen LogP contribution in [0.3, 0.4) is 0 Å². The van der Waals surface area contributed by atoms with Crippen molar-refractivity contribution in [1.82, 2.24) is 9.97 Å². The second kappa shape index (κ2) is 11.4. The number of alkyl halides is 3. The first kappa shape index (κ1) is 29.1. The molecule has 0 unspecified atom stereocenters. The minimum Gasteiger partial charge on any atom is -0.378 e. The van der Waals surface area contributed by atoms with Gasteiger partial charge in [0.05, 0.1) is 52.3 Å². The Hall–Kier alpha value is -4.43. The van der Waals surface area contributed by atoms with Crippen LogP contribution in [0.25, 0.3) is 11.0 Å². The van der Waals surface area contributed by atoms with Crippen LogP contribution in [0, 0.1) is 17.5 Å². The Morgan fingerprint density at radius 3 is 2.38 bits per heavy atom. The molecule has 0 atom stereocenters. The van der Waals surface area contributed by atoms with Gasteiger partial charge in [-0.3, -0.25) is 9.78 Å². The van der Waals surface area contributed by atoms with Crippen LogP contribution in [-0.4, -0.2) is 48.1 Å². The molecule has 1 aromatic heterocycles. The maximum absolute atomic E-state index is 15.4. The first-order valence-electron chi connectivity index (χ1n) is 12.2. The van der Waals surface area contributed by atoms with Gasteiger partial charge in [0, 0.05) is 30.4 Å². The molecule has 0 aliphatic carbocycles. The molecule has 0 saturated carbocycles. The third-order valence-electron chi connectivity index (χ3n) is 6.29. The van der Waals surface area contributed by atoms with Crippen molar-refractivity contribution in [3.63, 3.8) is 0 Å². The number of aromatic nitrogens is 2. The van der Waals surface area contributed by atoms with Crippen LogP contribution in [0.5, 0.6) is 0 Å². The van der Waals surface area contributed by atoms with E-state index in [2.05, 4.69) is 9.97 Å². The summed E-state index contributed by atoms with van der Waals surface area (Å²) in [5, 5.41) is 3.28. The Labute approximate surface area is 238 Å². The Morgan fingerprint density at radius 2 is 1.67 bits per heavy atom. The van der Waals surface area contributed by atoms with E-state index in [9.17, 15) is 31.5 Å². The molecule has 1 fully saturated rings. The number of morpholine rings is 1. The van der Waals surface area contributed by atoms with Crippen molar-refractivity contribution < 1.29 is 40.7 Å². The number of halogens is 7. The number of fused-ring (bicyclic) bond motifs is 1. The number of nitrogens with one attached hydrogen (secondary N) is 2. The summed E-state index contributed by atoms with van der Waals surface area (Å²) < 4.78 is 89.2. The molecule has 8 nitrogen and oxygen atoms in total. The van der Waals surface area contributed by atoms with Crippen LogP contribution in [0.1, 0.15) is 21.5 Å². The summed E-state index contributed by atoms with van der Waals surface area (Å²) in [6.07, 6.45) is -3.29. The molecule has 218 valence electrons. The molecule has 4 aromatic rings. The van der Waals surface area contributed by atoms with E-state index in [4.69, 9.17) is 16.3 Å². The van der Waals surface area contributed by atoms with Crippen molar-refractivity contribution >= 4 is 51.6 Å². The van der Waals surface area contributed by atoms with Gasteiger partial charge >= 0.3 is 12.2 Å². The lowest BCUT2D eigenvalue weighted by molar-refractivity contribution is -0.137. The topological polar surface area (TPSA) is 96.5 Å². The van der Waals surface area contributed by atoms with Gasteiger partial charge in [0.15, 0.2) is 23.2 Å². The molecule has 2 heterocycles. The van der Waals surface area contributed by atoms with Gasteiger partial charge < -0.3 is 20.3 Å². The van der Waals surface area contributed by atoms with Crippen LogP contribution in [0.15, 0.2) is 48.7 Å². The average molecular weight is 610 g/mol. The number of benzene rings is 3. The van der Waals surface area contributed by atoms with Crippen LogP contribution in [0.2, 0.25) is 5.02 Å². The number of rotatable bonds is 5. The van der Waals surface area contributed by atoms with Crippen molar-refractivity contribution in [2.24, 2.45) is 0 Å². The number of nitrogens with zero attached hydrogens (tertiary/aromatic N) is 3. The molecule has 1 saturated heterocycles. The number of ketones is 1. The minimum atomic E-state index is -4.83. The quantitative estimate of drug-likeness (QED) is 0.154. The monoisotopic (exact) mass is 609 g/mol. The zero-order valence-electron chi connectivity index (χ0n) is 21.2. The highest BCUT2D eigenvalue weighted by Crippen LogP contribution is 2.36. The van der Waals surface area contributed by atoms with Crippen LogP contribution in [-0.2, 0) is 10.9 Å². The normalized spacial score (nSPS) is 13.7. The first-order valence-corrected chi connectivity index (χ1v) is 12.6. The van der Waals surface area contributed by atoms with Crippen LogP contribution < -0.4 is 15.5 Å². The van der Waals surface area contributed by atoms with Gasteiger partial charge in [-0.05, 0) is 36.4 Å². The molecule has 0 spiro atoms. The highest BCUT2D eigenvalue weighted by atomic mass is 35.5. The highest BCUT2D eigenvalue weighted by Gasteiger charge is 2.33. The molecule has 2 N–H and O–H groups in total. The number of ether oxygens (including phenoxy) is 1. The van der Waals surface area contributed by atoms with Gasteiger partial charge in [0.2, 0.25) is 0 Å². The second-order valence-corrected chi connectivity index (χ2v) is 9.45. The van der Waals surface area contributed by atoms with Crippen molar-refractivity contribution in [3.05, 3.63) is 87.8 Å². The fourth-order valence-corrected chi connectivity index (χ4v) is 4.46. The van der Waals surface area contributed by atoms with Crippen molar-refractivity contribution in [2.45, 2.75) is 6.18 Å². The molecule has 1 aliphatic heterocycles. The lowest BCUT2D eigenvalue weighted by Crippen LogP contribution is -2.36. The Morgan fingerprint density at radius 1 is 0.929 bits per heavy atom. The second-order valence-electron chi connectivity index (χ2n) is 9.04. The summed E-state index contributed by atoms with van der Waals surface area (Å²) in [5.74, 6) is -5.81. The Bertz CT molecular complexity index is 1710. The number of hydrogen-bond acceptors (Lipinski definition) is 6. The number of carbonyl (C=O) groups is 2. The van der Waals surface area contributed by atoms with Gasteiger partial charge in [-0.1, -0.05) is 11.6 Å². The largest absolute Gasteiger partial charge is 0.417 e. The number of carbonyl (C=O) groups excluding carboxylic acids is 2. The molecule has 5 rings (SSSR count). The summed E-state index contributed by atoms with van der Waals surface area (Å²) >= 11 is 5.55. The molecule has 1 aliphatic rings. The van der Waals surface area contributed by atoms with E-state index in [1.165, 1.54) is 24.4 Å². The zero-order valence-corrected chi connectivity index (χ0v) is 21.9. The molecule has 15 heteroatoms. The maximum Gasteiger partial charge on any atom is 0.417 e. The van der Waals surface area contributed by atoms with Gasteiger partial charge in [0.1, 0.15) is 5.82 Å². The maximum atomic E-state index is 15.4. The molecular weight excluding hydrogens is 592 g/mol. The number of hydrogen-bond donors (Lipinski definition) is 2. The van der Waals surface area contributed by atoms with Gasteiger partial charge in [-0.2, -0.15) is 13.2 Å². The summed E-state index contributed by atoms with van der Waals surface area (Å²) in [4.78, 5) is 36.3. The standard InChI is InChI=1S/C27H18ClF6N5O3/c28-16-3-2-14(10-15(16)27(32,33)34)36-26(41)38-20-11-17(29)23(30)22(24(20)31)25(40)13-1-4-18-19(9-13)37-21(12-35-18)39-5-7-42-8-6-39/h1-4,9-12H,5-8H2,(H2,36,38,41). The summed E-state index contributed by atoms with van der Waals surface area (Å²) in [5.41, 5.74) is -3.47. The highest BCUT2D eigenvalue weighted by molar-refractivity contribution is 6.31. The Kier molecular flexibility index (Phi) is 7.93. The number of urea groups is 1. The minimum absolute atomic E-state index is 0.237. The van der Waals surface area contributed by atoms with E-state index < -0.39 is 57.3 Å². The van der Waals surface area contributed by atoms with Crippen LogP contribution in [0.4, 0.5) is 48.3 Å². The first-order chi connectivity index (χ1) is 19.9. The van der Waals surface area contributed by atoms with Gasteiger partial charge in [-0.25, -0.2) is 22.9 Å². The number of amides is 2. The van der Waals surface area contributed by atoms with Crippen molar-refractivity contribution in [2.75, 3.05) is 41.8 Å². The van der Waals surface area contributed by atoms with Gasteiger partial charge in [0.25, 0.3) is 0 Å². The lowest BCUT2D eigenvalue weighted by Gasteiger charge is -2.27. The molecule has 0 bridgehead atoms. The van der Waals surface area contributed by atoms with E-state index in [0.29, 0.717) is 49.8 Å². The molecule has 0 radical (unpaired) electrons. The summed E-state index contributed by atoms with van der Waals surface area (Å²) in [6, 6.07) is 5.34. The van der Waals surface area contributed by atoms with E-state index in [1.54, 1.807) is 0 Å². The van der Waals surface area contributed by atoms with Crippen LogP contribution >= 0.6 is 11.6 Å². The van der Waals surface area contributed by atoms with Gasteiger partial charge in [-0.15, -0.1) is 0 Å². The predicted molar refractivity (Wildman–Crippen MR) is 141 cm³/mol. The van der Waals surface area contributed by atoms with E-state index >= 15 is 4.39 Å². The van der Waals surface area contributed by atoms with Crippen molar-refractivity contribution in [1.29, 1.82) is 0 Å². The summed E-state index contributed by atoms with van der Waals surface area (Å²) in [6.45, 7) is 2.09. The third kappa shape index (κ3) is 5.94. The zero-order chi connectivity index (χ0) is 30.2.